The summed E-state index contributed by atoms with van der Waals surface area (Å²) in [5.74, 6) is -3.65. The van der Waals surface area contributed by atoms with Gasteiger partial charge in [-0.25, -0.2) is 17.6 Å². The van der Waals surface area contributed by atoms with Crippen molar-refractivity contribution in [1.29, 1.82) is 0 Å². The molecule has 0 radical (unpaired) electrons. The summed E-state index contributed by atoms with van der Waals surface area (Å²) >= 11 is 0. The number of alkyl halides is 2. The van der Waals surface area contributed by atoms with Gasteiger partial charge in [-0.2, -0.15) is 0 Å². The van der Waals surface area contributed by atoms with Crippen LogP contribution in [0.5, 0.6) is 0 Å². The summed E-state index contributed by atoms with van der Waals surface area (Å²) < 4.78 is 85.4. The second kappa shape index (κ2) is 5.85. The van der Waals surface area contributed by atoms with Gasteiger partial charge in [0.25, 0.3) is 6.43 Å². The van der Waals surface area contributed by atoms with Gasteiger partial charge in [0, 0.05) is 0 Å². The van der Waals surface area contributed by atoms with E-state index in [1.54, 1.807) is 0 Å². The normalized spacial score (nSPS) is 11.5. The molecule has 0 N–H and O–H groups in total. The maximum absolute atomic E-state index is 12.7. The van der Waals surface area contributed by atoms with E-state index in [4.69, 9.17) is 0 Å². The molecule has 1 rings (SSSR count). The first-order valence-electron chi connectivity index (χ1n) is 3.70. The minimum atomic E-state index is -5.75. The molecular formula is C7H3BF7K. The molecule has 1 aromatic rings. The van der Waals surface area contributed by atoms with Crippen molar-refractivity contribution in [3.63, 3.8) is 0 Å². The Balaban J connectivity index is 0.00000225. The van der Waals surface area contributed by atoms with E-state index in [0.29, 0.717) is 0 Å². The van der Waals surface area contributed by atoms with Crippen molar-refractivity contribution in [1.82, 2.24) is 0 Å². The number of hydrogen-bond acceptors (Lipinski definition) is 0. The van der Waals surface area contributed by atoms with Crippen molar-refractivity contribution in [2.45, 2.75) is 6.43 Å². The predicted molar refractivity (Wildman–Crippen MR) is 40.0 cm³/mol. The van der Waals surface area contributed by atoms with Crippen LogP contribution in [0.1, 0.15) is 12.0 Å². The van der Waals surface area contributed by atoms with Gasteiger partial charge in [-0.1, -0.05) is 5.46 Å². The van der Waals surface area contributed by atoms with Crippen LogP contribution in [0.3, 0.4) is 0 Å². The molecule has 0 aromatic heterocycles. The summed E-state index contributed by atoms with van der Waals surface area (Å²) in [5.41, 5.74) is -3.21. The summed E-state index contributed by atoms with van der Waals surface area (Å²) in [7, 11) is 0. The molecule has 0 amide bonds. The van der Waals surface area contributed by atoms with Crippen LogP contribution in [0.4, 0.5) is 30.5 Å². The van der Waals surface area contributed by atoms with Crippen LogP contribution in [0.15, 0.2) is 12.1 Å². The number of halogens is 7. The minimum absolute atomic E-state index is 0. The Labute approximate surface area is 129 Å². The second-order valence-electron chi connectivity index (χ2n) is 2.77. The molecule has 16 heavy (non-hydrogen) atoms. The van der Waals surface area contributed by atoms with Crippen molar-refractivity contribution in [2.24, 2.45) is 0 Å². The first-order valence-corrected chi connectivity index (χ1v) is 3.70. The van der Waals surface area contributed by atoms with E-state index in [1.807, 2.05) is 0 Å². The Morgan fingerprint density at radius 3 is 1.81 bits per heavy atom. The molecule has 0 fully saturated rings. The molecule has 84 valence electrons. The number of hydrogen-bond donors (Lipinski definition) is 0. The number of rotatable bonds is 2. The Kier molecular flexibility index (Phi) is 6.01. The van der Waals surface area contributed by atoms with Gasteiger partial charge in [-0.3, -0.25) is 0 Å². The maximum atomic E-state index is 12.7. The van der Waals surface area contributed by atoms with Crippen LogP contribution in [0, 0.1) is 11.6 Å². The average Bonchev–Trinajstić information content (AvgIpc) is 2.06. The molecule has 0 atom stereocenters. The molecule has 0 saturated heterocycles. The average molecular weight is 270 g/mol. The molecule has 1 aromatic carbocycles. The first kappa shape index (κ1) is 16.4. The fourth-order valence-corrected chi connectivity index (χ4v) is 0.996. The smallest absolute Gasteiger partial charge is 0.445 e. The summed E-state index contributed by atoms with van der Waals surface area (Å²) in [6.07, 6.45) is -3.35. The van der Waals surface area contributed by atoms with E-state index in [-0.39, 0.29) is 63.5 Å². The fourth-order valence-electron chi connectivity index (χ4n) is 0.996. The third-order valence-corrected chi connectivity index (χ3v) is 1.70. The zero-order valence-corrected chi connectivity index (χ0v) is 11.1. The van der Waals surface area contributed by atoms with E-state index < -0.39 is 36.1 Å². The third-order valence-electron chi connectivity index (χ3n) is 1.70. The Morgan fingerprint density at radius 2 is 1.44 bits per heavy atom. The van der Waals surface area contributed by atoms with Gasteiger partial charge in [0.05, 0.1) is 11.4 Å². The summed E-state index contributed by atoms with van der Waals surface area (Å²) in [6, 6.07) is -0.388. The molecule has 9 heteroatoms. The quantitative estimate of drug-likeness (QED) is 0.522. The molecule has 0 heterocycles. The van der Waals surface area contributed by atoms with Crippen molar-refractivity contribution >= 4 is 12.4 Å². The summed E-state index contributed by atoms with van der Waals surface area (Å²) in [6.45, 7) is -5.75. The van der Waals surface area contributed by atoms with Gasteiger partial charge < -0.3 is 12.9 Å². The fraction of sp³-hybridized carbons (Fsp3) is 0.143. The summed E-state index contributed by atoms with van der Waals surface area (Å²) in [4.78, 5) is 0. The zero-order chi connectivity index (χ0) is 11.8. The molecule has 0 bridgehead atoms. The minimum Gasteiger partial charge on any atom is -0.445 e. The monoisotopic (exact) mass is 270 g/mol. The Hall–Kier alpha value is 0.431. The van der Waals surface area contributed by atoms with Gasteiger partial charge in [0.15, 0.2) is 0 Å². The third kappa shape index (κ3) is 3.73. The van der Waals surface area contributed by atoms with Crippen LogP contribution < -0.4 is 56.8 Å². The predicted octanol–water partition coefficient (Wildman–Crippen LogP) is -0.0392. The molecule has 0 aliphatic carbocycles. The van der Waals surface area contributed by atoms with Crippen molar-refractivity contribution < 1.29 is 81.9 Å². The molecule has 0 aliphatic heterocycles. The SMILES string of the molecule is Fc1cc([B-](F)(F)F)c(F)cc1C(F)F.[K+]. The van der Waals surface area contributed by atoms with E-state index in [1.165, 1.54) is 0 Å². The van der Waals surface area contributed by atoms with E-state index >= 15 is 0 Å². The maximum Gasteiger partial charge on any atom is 1.00 e. The van der Waals surface area contributed by atoms with Crippen LogP contribution in [0.2, 0.25) is 0 Å². The van der Waals surface area contributed by atoms with Crippen molar-refractivity contribution in [3.8, 4) is 0 Å². The largest absolute Gasteiger partial charge is 1.00 e. The second-order valence-corrected chi connectivity index (χ2v) is 2.77. The Morgan fingerprint density at radius 1 is 0.938 bits per heavy atom. The van der Waals surface area contributed by atoms with Gasteiger partial charge in [0.2, 0.25) is 0 Å². The Bertz CT molecular complexity index is 376. The van der Waals surface area contributed by atoms with Gasteiger partial charge in [-0.15, -0.1) is 0 Å². The summed E-state index contributed by atoms with van der Waals surface area (Å²) in [5, 5.41) is 0. The van der Waals surface area contributed by atoms with E-state index in [9.17, 15) is 30.5 Å². The standard InChI is InChI=1S/C7H3BF7.K/c9-5-2-4(8(13,14)15)6(10)1-3(5)7(11)12;/h1-2,7H;/q-1;+1. The zero-order valence-electron chi connectivity index (χ0n) is 7.96. The molecule has 0 nitrogen and oxygen atoms in total. The van der Waals surface area contributed by atoms with Gasteiger partial charge in [0.1, 0.15) is 5.82 Å². The topological polar surface area (TPSA) is 0 Å². The van der Waals surface area contributed by atoms with Crippen LogP contribution in [-0.2, 0) is 0 Å². The first-order chi connectivity index (χ1) is 6.73. The van der Waals surface area contributed by atoms with Crippen LogP contribution >= 0.6 is 0 Å². The molecule has 0 aliphatic rings. The molecular weight excluding hydrogens is 267 g/mol. The van der Waals surface area contributed by atoms with Crippen LogP contribution in [-0.4, -0.2) is 6.98 Å². The van der Waals surface area contributed by atoms with Gasteiger partial charge >= 0.3 is 58.4 Å². The van der Waals surface area contributed by atoms with Crippen molar-refractivity contribution in [2.75, 3.05) is 0 Å². The van der Waals surface area contributed by atoms with E-state index in [2.05, 4.69) is 0 Å². The number of benzene rings is 1. The molecule has 0 unspecified atom stereocenters. The van der Waals surface area contributed by atoms with Crippen molar-refractivity contribution in [3.05, 3.63) is 29.3 Å². The van der Waals surface area contributed by atoms with E-state index in [0.717, 1.165) is 0 Å². The van der Waals surface area contributed by atoms with Crippen LogP contribution in [0.25, 0.3) is 0 Å². The molecule has 0 spiro atoms. The molecule has 0 saturated carbocycles. The van der Waals surface area contributed by atoms with Gasteiger partial charge in [-0.05, 0) is 12.1 Å².